The molecular formula is C14H21NO2S. The minimum absolute atomic E-state index is 0.306. The molecule has 1 N–H and O–H groups in total. The van der Waals surface area contributed by atoms with E-state index in [4.69, 9.17) is 0 Å². The summed E-state index contributed by atoms with van der Waals surface area (Å²) < 4.78 is 0. The largest absolute Gasteiger partial charge is 0.480 e. The summed E-state index contributed by atoms with van der Waals surface area (Å²) in [4.78, 5) is 14.9. The number of hydrogen-bond donors (Lipinski definition) is 1. The molecule has 0 radical (unpaired) electrons. The first kappa shape index (κ1) is 13.6. The third-order valence-corrected chi connectivity index (χ3v) is 4.31. The molecule has 0 aliphatic heterocycles. The summed E-state index contributed by atoms with van der Waals surface area (Å²) in [5, 5.41) is 11.5. The van der Waals surface area contributed by atoms with Crippen LogP contribution in [-0.2, 0) is 11.3 Å². The molecule has 18 heavy (non-hydrogen) atoms. The van der Waals surface area contributed by atoms with Crippen molar-refractivity contribution in [2.45, 2.75) is 57.7 Å². The fourth-order valence-electron chi connectivity index (χ4n) is 2.31. The number of nitrogens with zero attached hydrogens (tertiary/aromatic N) is 1. The Morgan fingerprint density at radius 3 is 2.89 bits per heavy atom. The summed E-state index contributed by atoms with van der Waals surface area (Å²) in [6, 6.07) is 4.32. The van der Waals surface area contributed by atoms with Crippen LogP contribution in [-0.4, -0.2) is 28.1 Å². The molecule has 1 heterocycles. The van der Waals surface area contributed by atoms with Crippen LogP contribution in [0.5, 0.6) is 0 Å². The maximum absolute atomic E-state index is 11.5. The smallest absolute Gasteiger partial charge is 0.320 e. The van der Waals surface area contributed by atoms with E-state index in [1.807, 2.05) is 6.07 Å². The van der Waals surface area contributed by atoms with E-state index in [2.05, 4.69) is 23.3 Å². The topological polar surface area (TPSA) is 40.5 Å². The lowest BCUT2D eigenvalue weighted by Crippen LogP contribution is -2.42. The highest BCUT2D eigenvalue weighted by atomic mass is 32.1. The third-order valence-electron chi connectivity index (χ3n) is 3.45. The zero-order valence-corrected chi connectivity index (χ0v) is 11.7. The molecule has 0 aromatic carbocycles. The number of thiophene rings is 1. The van der Waals surface area contributed by atoms with Crippen LogP contribution in [0.1, 0.15) is 43.9 Å². The van der Waals surface area contributed by atoms with Crippen LogP contribution >= 0.6 is 11.3 Å². The minimum atomic E-state index is -0.660. The fraction of sp³-hybridized carbons (Fsp3) is 0.643. The molecule has 1 unspecified atom stereocenters. The first-order valence-corrected chi connectivity index (χ1v) is 7.61. The normalized spacial score (nSPS) is 17.0. The van der Waals surface area contributed by atoms with Crippen molar-refractivity contribution < 1.29 is 9.90 Å². The summed E-state index contributed by atoms with van der Waals surface area (Å²) in [6.07, 6.45) is 5.13. The predicted molar refractivity (Wildman–Crippen MR) is 73.8 cm³/mol. The average molecular weight is 267 g/mol. The summed E-state index contributed by atoms with van der Waals surface area (Å²) in [5.41, 5.74) is 0. The van der Waals surface area contributed by atoms with Crippen LogP contribution in [0.4, 0.5) is 0 Å². The summed E-state index contributed by atoms with van der Waals surface area (Å²) in [7, 11) is 0. The molecule has 1 atom stereocenters. The van der Waals surface area contributed by atoms with Gasteiger partial charge in [-0.2, -0.15) is 0 Å². The van der Waals surface area contributed by atoms with Crippen molar-refractivity contribution >= 4 is 17.3 Å². The maximum Gasteiger partial charge on any atom is 0.320 e. The van der Waals surface area contributed by atoms with Crippen LogP contribution in [0.25, 0.3) is 0 Å². The number of aliphatic carboxylic acids is 1. The lowest BCUT2D eigenvalue weighted by molar-refractivity contribution is -0.144. The van der Waals surface area contributed by atoms with Gasteiger partial charge in [0.25, 0.3) is 0 Å². The van der Waals surface area contributed by atoms with E-state index in [9.17, 15) is 9.90 Å². The molecule has 3 nitrogen and oxygen atoms in total. The number of carboxylic acids is 1. The molecule has 1 fully saturated rings. The second-order valence-electron chi connectivity index (χ2n) is 4.98. The Bertz CT molecular complexity index is 373. The van der Waals surface area contributed by atoms with Gasteiger partial charge in [-0.1, -0.05) is 25.8 Å². The number of carboxylic acid groups (broad SMARTS) is 1. The lowest BCUT2D eigenvalue weighted by Gasteiger charge is -2.28. The monoisotopic (exact) mass is 267 g/mol. The lowest BCUT2D eigenvalue weighted by atomic mass is 10.1. The van der Waals surface area contributed by atoms with E-state index in [0.29, 0.717) is 6.04 Å². The van der Waals surface area contributed by atoms with E-state index < -0.39 is 5.97 Å². The molecule has 4 heteroatoms. The molecule has 1 saturated carbocycles. The molecule has 1 aromatic rings. The Hall–Kier alpha value is -0.870. The Labute approximate surface area is 112 Å². The maximum atomic E-state index is 11.5. The van der Waals surface area contributed by atoms with Gasteiger partial charge in [-0.3, -0.25) is 9.69 Å². The Kier molecular flexibility index (Phi) is 4.78. The van der Waals surface area contributed by atoms with Crippen LogP contribution in [0, 0.1) is 0 Å². The molecule has 1 aliphatic rings. The van der Waals surface area contributed by atoms with Gasteiger partial charge < -0.3 is 5.11 Å². The molecule has 1 aromatic heterocycles. The van der Waals surface area contributed by atoms with Gasteiger partial charge >= 0.3 is 5.97 Å². The fourth-order valence-corrected chi connectivity index (χ4v) is 3.02. The van der Waals surface area contributed by atoms with Gasteiger partial charge in [0.15, 0.2) is 0 Å². The van der Waals surface area contributed by atoms with E-state index in [1.54, 1.807) is 11.3 Å². The zero-order valence-electron chi connectivity index (χ0n) is 10.8. The van der Waals surface area contributed by atoms with E-state index in [-0.39, 0.29) is 6.04 Å². The third kappa shape index (κ3) is 3.56. The van der Waals surface area contributed by atoms with E-state index >= 15 is 0 Å². The van der Waals surface area contributed by atoms with Gasteiger partial charge in [-0.05, 0) is 30.7 Å². The Balaban J connectivity index is 2.03. The molecular weight excluding hydrogens is 246 g/mol. The number of rotatable bonds is 8. The summed E-state index contributed by atoms with van der Waals surface area (Å²) in [5.74, 6) is -0.660. The van der Waals surface area contributed by atoms with Crippen LogP contribution in [0.3, 0.4) is 0 Å². The van der Waals surface area contributed by atoms with Crippen molar-refractivity contribution in [2.24, 2.45) is 0 Å². The SMILES string of the molecule is CCCCC(C(=O)O)N(Cc1cccs1)C1CC1. The van der Waals surface area contributed by atoms with Crippen molar-refractivity contribution in [1.82, 2.24) is 4.90 Å². The van der Waals surface area contributed by atoms with Crippen molar-refractivity contribution in [1.29, 1.82) is 0 Å². The number of carbonyl (C=O) groups is 1. The van der Waals surface area contributed by atoms with Crippen molar-refractivity contribution in [3.8, 4) is 0 Å². The van der Waals surface area contributed by atoms with E-state index in [0.717, 1.165) is 38.6 Å². The number of hydrogen-bond acceptors (Lipinski definition) is 3. The van der Waals surface area contributed by atoms with Gasteiger partial charge in [-0.25, -0.2) is 0 Å². The summed E-state index contributed by atoms with van der Waals surface area (Å²) >= 11 is 1.71. The highest BCUT2D eigenvalue weighted by Gasteiger charge is 2.36. The highest BCUT2D eigenvalue weighted by molar-refractivity contribution is 7.09. The van der Waals surface area contributed by atoms with Gasteiger partial charge in [0.2, 0.25) is 0 Å². The molecule has 1 aliphatic carbocycles. The Morgan fingerprint density at radius 1 is 1.61 bits per heavy atom. The quantitative estimate of drug-likeness (QED) is 0.785. The van der Waals surface area contributed by atoms with Crippen molar-refractivity contribution in [3.63, 3.8) is 0 Å². The molecule has 0 saturated heterocycles. The Morgan fingerprint density at radius 2 is 2.39 bits per heavy atom. The first-order valence-electron chi connectivity index (χ1n) is 6.73. The van der Waals surface area contributed by atoms with Crippen LogP contribution < -0.4 is 0 Å². The molecule has 0 amide bonds. The molecule has 0 bridgehead atoms. The number of unbranched alkanes of at least 4 members (excludes halogenated alkanes) is 1. The second-order valence-corrected chi connectivity index (χ2v) is 6.01. The van der Waals surface area contributed by atoms with Crippen LogP contribution in [0.2, 0.25) is 0 Å². The zero-order chi connectivity index (χ0) is 13.0. The second kappa shape index (κ2) is 6.34. The standard InChI is InChI=1S/C14H21NO2S/c1-2-3-6-13(14(16)17)15(11-7-8-11)10-12-5-4-9-18-12/h4-5,9,11,13H,2-3,6-8,10H2,1H3,(H,16,17). The molecule has 2 rings (SSSR count). The predicted octanol–water partition coefficient (Wildman–Crippen LogP) is 3.36. The van der Waals surface area contributed by atoms with Crippen molar-refractivity contribution in [3.05, 3.63) is 22.4 Å². The highest BCUT2D eigenvalue weighted by Crippen LogP contribution is 2.32. The molecule has 100 valence electrons. The minimum Gasteiger partial charge on any atom is -0.480 e. The van der Waals surface area contributed by atoms with Gasteiger partial charge in [0, 0.05) is 17.5 Å². The molecule has 0 spiro atoms. The van der Waals surface area contributed by atoms with Gasteiger partial charge in [0.05, 0.1) is 0 Å². The first-order chi connectivity index (χ1) is 8.72. The van der Waals surface area contributed by atoms with Crippen LogP contribution in [0.15, 0.2) is 17.5 Å². The van der Waals surface area contributed by atoms with Gasteiger partial charge in [-0.15, -0.1) is 11.3 Å². The van der Waals surface area contributed by atoms with Gasteiger partial charge in [0.1, 0.15) is 6.04 Å². The van der Waals surface area contributed by atoms with Crippen molar-refractivity contribution in [2.75, 3.05) is 0 Å². The average Bonchev–Trinajstić information content (AvgIpc) is 3.06. The summed E-state index contributed by atoms with van der Waals surface area (Å²) in [6.45, 7) is 2.91. The van der Waals surface area contributed by atoms with E-state index in [1.165, 1.54) is 4.88 Å².